The Morgan fingerprint density at radius 1 is 1.35 bits per heavy atom. The van der Waals surface area contributed by atoms with Gasteiger partial charge in [0.25, 0.3) is 0 Å². The zero-order valence-electron chi connectivity index (χ0n) is 13.5. The van der Waals surface area contributed by atoms with Crippen molar-refractivity contribution in [2.45, 2.75) is 46.1 Å². The molecule has 7 heteroatoms. The maximum atomic E-state index is 8.87. The molecule has 0 saturated heterocycles. The third-order valence-corrected chi connectivity index (χ3v) is 3.60. The number of aromatic nitrogens is 2. The summed E-state index contributed by atoms with van der Waals surface area (Å²) in [6.07, 6.45) is 6.48. The Hall–Kier alpha value is -2.66. The van der Waals surface area contributed by atoms with Gasteiger partial charge in [-0.25, -0.2) is 0 Å². The van der Waals surface area contributed by atoms with Gasteiger partial charge in [0.2, 0.25) is 0 Å². The van der Waals surface area contributed by atoms with E-state index in [0.717, 1.165) is 41.4 Å². The van der Waals surface area contributed by atoms with E-state index < -0.39 is 0 Å². The number of nitrogens with zero attached hydrogens (tertiary/aromatic N) is 3. The van der Waals surface area contributed by atoms with Crippen LogP contribution in [0.4, 0.5) is 0 Å². The zero-order valence-corrected chi connectivity index (χ0v) is 13.5. The molecule has 2 aromatic rings. The fourth-order valence-corrected chi connectivity index (χ4v) is 2.44. The Kier molecular flexibility index (Phi) is 7.50. The van der Waals surface area contributed by atoms with Crippen LogP contribution >= 0.6 is 0 Å². The van der Waals surface area contributed by atoms with Gasteiger partial charge in [-0.05, 0) is 30.5 Å². The summed E-state index contributed by atoms with van der Waals surface area (Å²) in [5.74, 6) is 0.155. The van der Waals surface area contributed by atoms with Gasteiger partial charge in [-0.3, -0.25) is 4.68 Å². The SMILES string of the molecule is CCCCCn1ncc2cc(/C(N)=N\O)c(CC)cc21.O=C=O. The minimum Gasteiger partial charge on any atom is -0.409 e. The molecule has 0 radical (unpaired) electrons. The van der Waals surface area contributed by atoms with Gasteiger partial charge in [-0.1, -0.05) is 31.8 Å². The van der Waals surface area contributed by atoms with Crippen molar-refractivity contribution in [2.75, 3.05) is 0 Å². The molecule has 124 valence electrons. The van der Waals surface area contributed by atoms with Gasteiger partial charge >= 0.3 is 6.15 Å². The second-order valence-corrected chi connectivity index (χ2v) is 5.07. The van der Waals surface area contributed by atoms with Crippen LogP contribution in [0.5, 0.6) is 0 Å². The van der Waals surface area contributed by atoms with Crippen molar-refractivity contribution in [3.05, 3.63) is 29.5 Å². The Morgan fingerprint density at radius 3 is 2.61 bits per heavy atom. The third kappa shape index (κ3) is 4.66. The summed E-state index contributed by atoms with van der Waals surface area (Å²) in [6.45, 7) is 5.19. The van der Waals surface area contributed by atoms with Crippen molar-refractivity contribution in [1.29, 1.82) is 0 Å². The molecule has 0 aliphatic carbocycles. The van der Waals surface area contributed by atoms with E-state index in [9.17, 15) is 0 Å². The van der Waals surface area contributed by atoms with Crippen LogP contribution in [-0.4, -0.2) is 27.0 Å². The zero-order chi connectivity index (χ0) is 17.2. The molecular weight excluding hydrogens is 296 g/mol. The van der Waals surface area contributed by atoms with Crippen LogP contribution in [0, 0.1) is 0 Å². The second kappa shape index (κ2) is 9.38. The predicted octanol–water partition coefficient (Wildman–Crippen LogP) is 2.30. The quantitative estimate of drug-likeness (QED) is 0.279. The van der Waals surface area contributed by atoms with Crippen molar-refractivity contribution in [1.82, 2.24) is 9.78 Å². The van der Waals surface area contributed by atoms with Gasteiger partial charge in [-0.15, -0.1) is 0 Å². The van der Waals surface area contributed by atoms with E-state index in [1.165, 1.54) is 12.8 Å². The molecule has 0 aliphatic rings. The number of nitrogens with two attached hydrogens (primary N) is 1. The van der Waals surface area contributed by atoms with Crippen LogP contribution in [0.15, 0.2) is 23.5 Å². The number of oxime groups is 1. The van der Waals surface area contributed by atoms with Gasteiger partial charge in [0.1, 0.15) is 0 Å². The van der Waals surface area contributed by atoms with Crippen molar-refractivity contribution >= 4 is 22.9 Å². The lowest BCUT2D eigenvalue weighted by atomic mass is 10.0. The third-order valence-electron chi connectivity index (χ3n) is 3.60. The first kappa shape index (κ1) is 18.4. The lowest BCUT2D eigenvalue weighted by molar-refractivity contribution is -0.191. The molecule has 0 fully saturated rings. The molecule has 7 nitrogen and oxygen atoms in total. The van der Waals surface area contributed by atoms with Gasteiger partial charge in [-0.2, -0.15) is 14.7 Å². The number of hydrogen-bond acceptors (Lipinski definition) is 5. The van der Waals surface area contributed by atoms with Crippen LogP contribution in [0.1, 0.15) is 44.2 Å². The summed E-state index contributed by atoms with van der Waals surface area (Å²) in [4.78, 5) is 16.2. The van der Waals surface area contributed by atoms with Crippen LogP contribution in [0.3, 0.4) is 0 Å². The van der Waals surface area contributed by atoms with Crippen LogP contribution < -0.4 is 5.73 Å². The highest BCUT2D eigenvalue weighted by Gasteiger charge is 2.11. The number of unbranched alkanes of at least 4 members (excludes halogenated alkanes) is 2. The summed E-state index contributed by atoms with van der Waals surface area (Å²) >= 11 is 0. The number of benzene rings is 1. The van der Waals surface area contributed by atoms with Crippen molar-refractivity contribution in [2.24, 2.45) is 10.9 Å². The van der Waals surface area contributed by atoms with E-state index in [1.54, 1.807) is 0 Å². The molecule has 0 amide bonds. The van der Waals surface area contributed by atoms with E-state index >= 15 is 0 Å². The fourth-order valence-electron chi connectivity index (χ4n) is 2.44. The van der Waals surface area contributed by atoms with Gasteiger partial charge < -0.3 is 10.9 Å². The molecule has 2 rings (SSSR count). The second-order valence-electron chi connectivity index (χ2n) is 5.07. The Labute approximate surface area is 134 Å². The smallest absolute Gasteiger partial charge is 0.373 e. The Balaban J connectivity index is 0.000000816. The molecule has 0 saturated carbocycles. The maximum Gasteiger partial charge on any atom is 0.373 e. The lowest BCUT2D eigenvalue weighted by Crippen LogP contribution is -2.15. The number of hydrogen-bond donors (Lipinski definition) is 2. The topological polar surface area (TPSA) is 111 Å². The van der Waals surface area contributed by atoms with E-state index in [4.69, 9.17) is 20.5 Å². The van der Waals surface area contributed by atoms with E-state index in [0.29, 0.717) is 0 Å². The van der Waals surface area contributed by atoms with Crippen LogP contribution in [0.25, 0.3) is 10.9 Å². The number of aryl methyl sites for hydroxylation is 2. The molecule has 1 aromatic heterocycles. The van der Waals surface area contributed by atoms with E-state index in [-0.39, 0.29) is 12.0 Å². The average molecular weight is 318 g/mol. The summed E-state index contributed by atoms with van der Waals surface area (Å²) in [7, 11) is 0. The molecule has 23 heavy (non-hydrogen) atoms. The molecular formula is C16H22N4O3. The highest BCUT2D eigenvalue weighted by molar-refractivity contribution is 6.01. The Bertz CT molecular complexity index is 701. The van der Waals surface area contributed by atoms with Crippen LogP contribution in [-0.2, 0) is 22.6 Å². The van der Waals surface area contributed by atoms with Gasteiger partial charge in [0, 0.05) is 17.5 Å². The van der Waals surface area contributed by atoms with Gasteiger partial charge in [0.05, 0.1) is 11.7 Å². The molecule has 1 heterocycles. The number of rotatable bonds is 6. The summed E-state index contributed by atoms with van der Waals surface area (Å²) in [6, 6.07) is 4.05. The first-order valence-corrected chi connectivity index (χ1v) is 7.58. The highest BCUT2D eigenvalue weighted by Crippen LogP contribution is 2.21. The molecule has 0 unspecified atom stereocenters. The standard InChI is InChI=1S/C15H22N4O.CO2/c1-3-5-6-7-19-14-9-11(4-2)13(15(16)18-20)8-12(14)10-17-19;2-1-3/h8-10,20H,3-7H2,1-2H3,(H2,16,18);. The largest absolute Gasteiger partial charge is 0.409 e. The monoisotopic (exact) mass is 318 g/mol. The van der Waals surface area contributed by atoms with E-state index in [1.807, 2.05) is 16.9 Å². The highest BCUT2D eigenvalue weighted by atomic mass is 16.4. The summed E-state index contributed by atoms with van der Waals surface area (Å²) in [5.41, 5.74) is 8.72. The summed E-state index contributed by atoms with van der Waals surface area (Å²) < 4.78 is 2.04. The first-order valence-electron chi connectivity index (χ1n) is 7.58. The number of carbonyl (C=O) groups excluding carboxylic acids is 2. The van der Waals surface area contributed by atoms with Gasteiger partial charge in [0.15, 0.2) is 5.84 Å². The first-order chi connectivity index (χ1) is 11.1. The Morgan fingerprint density at radius 2 is 2.04 bits per heavy atom. The lowest BCUT2D eigenvalue weighted by Gasteiger charge is -2.08. The maximum absolute atomic E-state index is 8.87. The minimum atomic E-state index is 0.155. The van der Waals surface area contributed by atoms with Crippen molar-refractivity contribution < 1.29 is 14.8 Å². The van der Waals surface area contributed by atoms with Crippen molar-refractivity contribution in [3.63, 3.8) is 0 Å². The van der Waals surface area contributed by atoms with Crippen molar-refractivity contribution in [3.8, 4) is 0 Å². The normalized spacial score (nSPS) is 11.0. The molecule has 0 bridgehead atoms. The average Bonchev–Trinajstić information content (AvgIpc) is 2.96. The fraction of sp³-hybridized carbons (Fsp3) is 0.438. The molecule has 0 aliphatic heterocycles. The van der Waals surface area contributed by atoms with E-state index in [2.05, 4.69) is 30.2 Å². The molecule has 3 N–H and O–H groups in total. The number of amidine groups is 1. The minimum absolute atomic E-state index is 0.155. The summed E-state index contributed by atoms with van der Waals surface area (Å²) in [5, 5.41) is 17.5. The molecule has 1 aromatic carbocycles. The number of fused-ring (bicyclic) bond motifs is 1. The molecule has 0 atom stereocenters. The molecule has 0 spiro atoms. The predicted molar refractivity (Wildman–Crippen MR) is 86.2 cm³/mol. The van der Waals surface area contributed by atoms with Crippen LogP contribution in [0.2, 0.25) is 0 Å².